The molecule has 6 N–H and O–H groups in total. The molecule has 2 amide bonds. The van der Waals surface area contributed by atoms with E-state index >= 15 is 0 Å². The highest BCUT2D eigenvalue weighted by atomic mass is 32.2. The van der Waals surface area contributed by atoms with Crippen LogP contribution in [0.4, 0.5) is 17.1 Å². The Morgan fingerprint density at radius 2 is 1.57 bits per heavy atom. The molecule has 3 aromatic carbocycles. The molecule has 1 saturated heterocycles. The van der Waals surface area contributed by atoms with E-state index in [0.717, 1.165) is 48.1 Å². The first kappa shape index (κ1) is 33.5. The van der Waals surface area contributed by atoms with Crippen LogP contribution in [0.1, 0.15) is 74.0 Å². The molecule has 0 unspecified atom stereocenters. The molecular formula is C34H43N3O6S. The van der Waals surface area contributed by atoms with E-state index < -0.39 is 6.29 Å². The molecule has 0 radical (unpaired) electrons. The van der Waals surface area contributed by atoms with Gasteiger partial charge in [-0.25, -0.2) is 0 Å². The monoisotopic (exact) mass is 621 g/mol. The van der Waals surface area contributed by atoms with E-state index in [1.807, 2.05) is 60.7 Å². The van der Waals surface area contributed by atoms with Crippen LogP contribution in [0.3, 0.4) is 0 Å². The number of carbonyl (C=O) groups is 2. The predicted molar refractivity (Wildman–Crippen MR) is 175 cm³/mol. The summed E-state index contributed by atoms with van der Waals surface area (Å²) in [6, 6.07) is 22.5. The second kappa shape index (κ2) is 17.8. The summed E-state index contributed by atoms with van der Waals surface area (Å²) in [5.74, 6) is 1.24. The first-order chi connectivity index (χ1) is 21.4. The molecule has 0 spiro atoms. The van der Waals surface area contributed by atoms with Crippen LogP contribution < -0.4 is 16.4 Å². The molecule has 236 valence electrons. The van der Waals surface area contributed by atoms with Crippen LogP contribution in [0.5, 0.6) is 0 Å². The summed E-state index contributed by atoms with van der Waals surface area (Å²) in [5, 5.41) is 24.5. The fourth-order valence-corrected chi connectivity index (χ4v) is 5.81. The molecule has 44 heavy (non-hydrogen) atoms. The molecular weight excluding hydrogens is 578 g/mol. The lowest BCUT2D eigenvalue weighted by Gasteiger charge is -2.36. The number of aliphatic hydroxyl groups excluding tert-OH is 2. The van der Waals surface area contributed by atoms with Crippen molar-refractivity contribution in [2.24, 2.45) is 0 Å². The van der Waals surface area contributed by atoms with Crippen LogP contribution >= 0.6 is 11.8 Å². The number of aliphatic hydroxyl groups is 2. The summed E-state index contributed by atoms with van der Waals surface area (Å²) in [7, 11) is 0. The Kier molecular flexibility index (Phi) is 13.5. The Morgan fingerprint density at radius 3 is 2.27 bits per heavy atom. The fraction of sp³-hybridized carbons (Fsp3) is 0.412. The van der Waals surface area contributed by atoms with Crippen molar-refractivity contribution in [2.45, 2.75) is 70.1 Å². The van der Waals surface area contributed by atoms with Crippen molar-refractivity contribution in [1.82, 2.24) is 0 Å². The number of amides is 2. The maximum Gasteiger partial charge on any atom is 0.224 e. The lowest BCUT2D eigenvalue weighted by Crippen LogP contribution is -2.31. The number of hydrogen-bond donors (Lipinski definition) is 5. The van der Waals surface area contributed by atoms with Crippen molar-refractivity contribution in [1.29, 1.82) is 0 Å². The van der Waals surface area contributed by atoms with Gasteiger partial charge in [0, 0.05) is 42.0 Å². The maximum atomic E-state index is 12.7. The number of ether oxygens (including phenoxy) is 2. The SMILES string of the molecule is Nc1ccccc1NC(=O)CCCCCCC(=O)Nc1cccc([C@H]2O[C@@H](CSCCO)C[C@@H](c3ccc(CO)cc3)O2)c1. The van der Waals surface area contributed by atoms with Crippen molar-refractivity contribution in [3.63, 3.8) is 0 Å². The lowest BCUT2D eigenvalue weighted by atomic mass is 10.0. The van der Waals surface area contributed by atoms with Crippen molar-refractivity contribution < 1.29 is 29.3 Å². The lowest BCUT2D eigenvalue weighted by molar-refractivity contribution is -0.245. The third kappa shape index (κ3) is 10.6. The predicted octanol–water partition coefficient (Wildman–Crippen LogP) is 5.95. The van der Waals surface area contributed by atoms with Crippen LogP contribution in [0.15, 0.2) is 72.8 Å². The third-order valence-electron chi connectivity index (χ3n) is 7.39. The van der Waals surface area contributed by atoms with Crippen LogP contribution in [-0.4, -0.2) is 46.2 Å². The van der Waals surface area contributed by atoms with E-state index in [0.29, 0.717) is 42.1 Å². The van der Waals surface area contributed by atoms with E-state index in [4.69, 9.17) is 15.2 Å². The Bertz CT molecular complexity index is 1340. The molecule has 1 heterocycles. The first-order valence-corrected chi connectivity index (χ1v) is 16.3. The van der Waals surface area contributed by atoms with Crippen LogP contribution in [0.2, 0.25) is 0 Å². The minimum atomic E-state index is -0.613. The van der Waals surface area contributed by atoms with Gasteiger partial charge >= 0.3 is 0 Å². The number of rotatable bonds is 16. The van der Waals surface area contributed by atoms with E-state index in [1.165, 1.54) is 0 Å². The average Bonchev–Trinajstić information content (AvgIpc) is 3.04. The molecule has 0 saturated carbocycles. The number of benzene rings is 3. The Labute approximate surface area is 263 Å². The summed E-state index contributed by atoms with van der Waals surface area (Å²) in [4.78, 5) is 24.8. The zero-order valence-electron chi connectivity index (χ0n) is 25.0. The van der Waals surface area contributed by atoms with Crippen molar-refractivity contribution >= 4 is 40.6 Å². The normalized spacial score (nSPS) is 18.1. The number of para-hydroxylation sites is 2. The standard InChI is InChI=1S/C34H43N3O6S/c35-29-10-5-6-11-30(29)37-33(41)13-4-2-1-3-12-32(40)36-27-9-7-8-26(20-27)34-42-28(23-44-19-18-38)21-31(43-34)25-16-14-24(22-39)15-17-25/h5-11,14-17,20,28,31,34,38-39H,1-4,12-13,18-19,21-23,35H2,(H,36,40)(H,37,41)/t28-,31+,34+/m1/s1. The highest BCUT2D eigenvalue weighted by Crippen LogP contribution is 2.39. The summed E-state index contributed by atoms with van der Waals surface area (Å²) in [6.07, 6.45) is 3.79. The number of carbonyl (C=O) groups excluding carboxylic acids is 2. The van der Waals surface area contributed by atoms with Gasteiger partial charge < -0.3 is 36.1 Å². The van der Waals surface area contributed by atoms with Gasteiger partial charge in [0.1, 0.15) is 0 Å². The topological polar surface area (TPSA) is 143 Å². The Hall–Kier alpha value is -3.41. The quantitative estimate of drug-likeness (QED) is 0.0976. The number of nitrogens with one attached hydrogen (secondary N) is 2. The van der Waals surface area contributed by atoms with Gasteiger partial charge in [-0.1, -0.05) is 61.4 Å². The van der Waals surface area contributed by atoms with E-state index in [2.05, 4.69) is 10.6 Å². The molecule has 1 aliphatic heterocycles. The summed E-state index contributed by atoms with van der Waals surface area (Å²) >= 11 is 1.64. The van der Waals surface area contributed by atoms with E-state index in [1.54, 1.807) is 23.9 Å². The molecule has 3 atom stereocenters. The number of unbranched alkanes of at least 4 members (excludes halogenated alkanes) is 3. The highest BCUT2D eigenvalue weighted by Gasteiger charge is 2.32. The smallest absolute Gasteiger partial charge is 0.224 e. The first-order valence-electron chi connectivity index (χ1n) is 15.2. The van der Waals surface area contributed by atoms with Gasteiger partial charge in [-0.2, -0.15) is 11.8 Å². The van der Waals surface area contributed by atoms with Crippen LogP contribution in [0.25, 0.3) is 0 Å². The third-order valence-corrected chi connectivity index (χ3v) is 8.47. The molecule has 0 aromatic heterocycles. The Morgan fingerprint density at radius 1 is 0.841 bits per heavy atom. The van der Waals surface area contributed by atoms with E-state index in [9.17, 15) is 19.8 Å². The fourth-order valence-electron chi connectivity index (χ4n) is 5.04. The van der Waals surface area contributed by atoms with Gasteiger partial charge in [0.15, 0.2) is 6.29 Å². The number of anilines is 3. The number of hydrogen-bond acceptors (Lipinski definition) is 8. The van der Waals surface area contributed by atoms with Crippen molar-refractivity contribution in [3.8, 4) is 0 Å². The van der Waals surface area contributed by atoms with Gasteiger partial charge in [-0.3, -0.25) is 9.59 Å². The second-order valence-corrected chi connectivity index (χ2v) is 12.0. The van der Waals surface area contributed by atoms with Gasteiger partial charge in [-0.05, 0) is 48.2 Å². The molecule has 3 aromatic rings. The van der Waals surface area contributed by atoms with Gasteiger partial charge in [-0.15, -0.1) is 0 Å². The minimum absolute atomic E-state index is 0.0132. The van der Waals surface area contributed by atoms with Crippen molar-refractivity contribution in [2.75, 3.05) is 34.5 Å². The number of thioether (sulfide) groups is 1. The maximum absolute atomic E-state index is 12.7. The molecule has 10 heteroatoms. The van der Waals surface area contributed by atoms with Crippen LogP contribution in [-0.2, 0) is 25.7 Å². The minimum Gasteiger partial charge on any atom is -0.397 e. The molecule has 0 aliphatic carbocycles. The molecule has 1 aliphatic rings. The number of nitrogens with two attached hydrogens (primary N) is 1. The van der Waals surface area contributed by atoms with E-state index in [-0.39, 0.29) is 37.2 Å². The Balaban J connectivity index is 1.24. The summed E-state index contributed by atoms with van der Waals surface area (Å²) < 4.78 is 12.7. The average molecular weight is 622 g/mol. The van der Waals surface area contributed by atoms with Gasteiger partial charge in [0.25, 0.3) is 0 Å². The van der Waals surface area contributed by atoms with Gasteiger partial charge in [0.05, 0.1) is 36.8 Å². The highest BCUT2D eigenvalue weighted by molar-refractivity contribution is 7.99. The second-order valence-electron chi connectivity index (χ2n) is 10.9. The zero-order chi connectivity index (χ0) is 31.1. The molecule has 0 bridgehead atoms. The largest absolute Gasteiger partial charge is 0.397 e. The molecule has 1 fully saturated rings. The molecule has 4 rings (SSSR count). The van der Waals surface area contributed by atoms with Crippen molar-refractivity contribution in [3.05, 3.63) is 89.5 Å². The zero-order valence-corrected chi connectivity index (χ0v) is 25.8. The van der Waals surface area contributed by atoms with Gasteiger partial charge in [0.2, 0.25) is 11.8 Å². The van der Waals surface area contributed by atoms with Crippen LogP contribution in [0, 0.1) is 0 Å². The summed E-state index contributed by atoms with van der Waals surface area (Å²) in [5.41, 5.74) is 10.4. The summed E-state index contributed by atoms with van der Waals surface area (Å²) in [6.45, 7) is 0.105. The number of nitrogen functional groups attached to an aromatic ring is 1. The molecule has 9 nitrogen and oxygen atoms in total.